The van der Waals surface area contributed by atoms with Crippen LogP contribution in [0, 0.1) is 5.82 Å². The van der Waals surface area contributed by atoms with Crippen LogP contribution in [0.2, 0.25) is 0 Å². The van der Waals surface area contributed by atoms with Gasteiger partial charge in [-0.3, -0.25) is 19.0 Å². The van der Waals surface area contributed by atoms with E-state index in [1.54, 1.807) is 6.92 Å². The molecule has 2 rings (SSSR count). The predicted octanol–water partition coefficient (Wildman–Crippen LogP) is 1.21. The molecule has 0 spiro atoms. The summed E-state index contributed by atoms with van der Waals surface area (Å²) in [7, 11) is 0. The van der Waals surface area contributed by atoms with Gasteiger partial charge in [-0.1, -0.05) is 12.1 Å². The van der Waals surface area contributed by atoms with Gasteiger partial charge in [0.15, 0.2) is 0 Å². The smallest absolute Gasteiger partial charge is 0.340 e. The van der Waals surface area contributed by atoms with Gasteiger partial charge in [0.1, 0.15) is 6.73 Å². The number of benzene rings is 1. The lowest BCUT2D eigenvalue weighted by molar-refractivity contribution is 0.0797. The molecule has 0 amide bonds. The van der Waals surface area contributed by atoms with E-state index in [1.165, 1.54) is 18.2 Å². The Morgan fingerprint density at radius 1 is 1.25 bits per heavy atom. The fourth-order valence-corrected chi connectivity index (χ4v) is 2.05. The van der Waals surface area contributed by atoms with Crippen LogP contribution in [-0.4, -0.2) is 26.9 Å². The number of halogens is 2. The Bertz CT molecular complexity index is 919. The molecule has 2 aromatic rings. The number of hydrogen-bond donors (Lipinski definition) is 0. The summed E-state index contributed by atoms with van der Waals surface area (Å²) in [5.41, 5.74) is -2.60. The third-order valence-electron chi connectivity index (χ3n) is 3.09. The summed E-state index contributed by atoms with van der Waals surface area (Å²) in [5.74, 6) is -2.36. The summed E-state index contributed by atoms with van der Waals surface area (Å²) in [4.78, 5) is 47.7. The zero-order valence-electron chi connectivity index (χ0n) is 12.5. The second kappa shape index (κ2) is 7.33. The van der Waals surface area contributed by atoms with Gasteiger partial charge >= 0.3 is 5.69 Å². The molecule has 0 N–H and O–H groups in total. The van der Waals surface area contributed by atoms with E-state index in [1.807, 2.05) is 0 Å². The molecule has 0 aliphatic carbocycles. The Labute approximate surface area is 139 Å². The Balaban J connectivity index is 2.59. The van der Waals surface area contributed by atoms with E-state index in [4.69, 9.17) is 16.3 Å². The van der Waals surface area contributed by atoms with Crippen LogP contribution in [0.1, 0.15) is 27.6 Å². The average molecular weight is 355 g/mol. The SMILES string of the molecule is CCOCn1cc(F)c(=O)n(C(=O)c2cccc(C(=O)Cl)c2)c1=O. The van der Waals surface area contributed by atoms with Gasteiger partial charge in [-0.05, 0) is 30.7 Å². The summed E-state index contributed by atoms with van der Waals surface area (Å²) < 4.78 is 19.7. The van der Waals surface area contributed by atoms with Crippen LogP contribution in [0.25, 0.3) is 0 Å². The second-order valence-corrected chi connectivity index (χ2v) is 4.99. The number of hydrogen-bond acceptors (Lipinski definition) is 5. The summed E-state index contributed by atoms with van der Waals surface area (Å²) >= 11 is 5.33. The van der Waals surface area contributed by atoms with Crippen molar-refractivity contribution in [1.82, 2.24) is 9.13 Å². The van der Waals surface area contributed by atoms with Crippen LogP contribution in [0.5, 0.6) is 0 Å². The fraction of sp³-hybridized carbons (Fsp3) is 0.200. The van der Waals surface area contributed by atoms with Gasteiger partial charge in [-0.25, -0.2) is 4.79 Å². The molecule has 7 nitrogen and oxygen atoms in total. The molecule has 0 bridgehead atoms. The molecule has 0 saturated carbocycles. The van der Waals surface area contributed by atoms with E-state index in [2.05, 4.69) is 0 Å². The van der Waals surface area contributed by atoms with Crippen molar-refractivity contribution in [3.63, 3.8) is 0 Å². The topological polar surface area (TPSA) is 87.4 Å². The second-order valence-electron chi connectivity index (χ2n) is 4.65. The van der Waals surface area contributed by atoms with Crippen molar-refractivity contribution in [2.45, 2.75) is 13.7 Å². The third-order valence-corrected chi connectivity index (χ3v) is 3.31. The quantitative estimate of drug-likeness (QED) is 0.753. The number of rotatable bonds is 5. The minimum atomic E-state index is -1.39. The van der Waals surface area contributed by atoms with E-state index >= 15 is 0 Å². The van der Waals surface area contributed by atoms with Gasteiger partial charge < -0.3 is 4.74 Å². The molecular weight excluding hydrogens is 343 g/mol. The Morgan fingerprint density at radius 2 is 1.92 bits per heavy atom. The van der Waals surface area contributed by atoms with Crippen molar-refractivity contribution in [2.75, 3.05) is 6.61 Å². The highest BCUT2D eigenvalue weighted by Gasteiger charge is 2.19. The molecule has 24 heavy (non-hydrogen) atoms. The first-order chi connectivity index (χ1) is 11.4. The van der Waals surface area contributed by atoms with Crippen molar-refractivity contribution < 1.29 is 18.7 Å². The summed E-state index contributed by atoms with van der Waals surface area (Å²) in [6.45, 7) is 1.60. The normalized spacial score (nSPS) is 10.6. The highest BCUT2D eigenvalue weighted by atomic mass is 35.5. The molecule has 126 valence electrons. The van der Waals surface area contributed by atoms with Gasteiger partial charge in [0.05, 0.1) is 6.20 Å². The van der Waals surface area contributed by atoms with Crippen molar-refractivity contribution in [3.05, 3.63) is 68.2 Å². The average Bonchev–Trinajstić information content (AvgIpc) is 2.57. The van der Waals surface area contributed by atoms with Crippen LogP contribution >= 0.6 is 11.6 Å². The number of carbonyl (C=O) groups is 2. The Hall–Kier alpha value is -2.58. The van der Waals surface area contributed by atoms with Gasteiger partial charge in [0, 0.05) is 17.7 Å². The lowest BCUT2D eigenvalue weighted by Crippen LogP contribution is -2.45. The molecule has 0 fully saturated rings. The van der Waals surface area contributed by atoms with E-state index in [9.17, 15) is 23.6 Å². The summed E-state index contributed by atoms with van der Waals surface area (Å²) in [5, 5.41) is -0.815. The first kappa shape index (κ1) is 17.8. The highest BCUT2D eigenvalue weighted by Crippen LogP contribution is 2.09. The van der Waals surface area contributed by atoms with Crippen LogP contribution in [0.4, 0.5) is 4.39 Å². The van der Waals surface area contributed by atoms with Crippen molar-refractivity contribution in [3.8, 4) is 0 Å². The van der Waals surface area contributed by atoms with Crippen LogP contribution in [-0.2, 0) is 11.5 Å². The van der Waals surface area contributed by atoms with Gasteiger partial charge in [-0.2, -0.15) is 8.96 Å². The van der Waals surface area contributed by atoms with Crippen LogP contribution < -0.4 is 11.2 Å². The molecule has 0 aliphatic heterocycles. The third kappa shape index (κ3) is 3.50. The van der Waals surface area contributed by atoms with Crippen molar-refractivity contribution in [1.29, 1.82) is 0 Å². The predicted molar refractivity (Wildman–Crippen MR) is 82.9 cm³/mol. The number of aromatic nitrogens is 2. The molecule has 1 aromatic heterocycles. The minimum absolute atomic E-state index is 0.00149. The van der Waals surface area contributed by atoms with E-state index < -0.39 is 28.2 Å². The van der Waals surface area contributed by atoms with E-state index in [-0.39, 0.29) is 29.0 Å². The molecule has 9 heteroatoms. The van der Waals surface area contributed by atoms with E-state index in [0.717, 1.165) is 10.6 Å². The molecule has 0 unspecified atom stereocenters. The fourth-order valence-electron chi connectivity index (χ4n) is 1.93. The molecule has 0 aliphatic rings. The molecule has 0 atom stereocenters. The van der Waals surface area contributed by atoms with Crippen LogP contribution in [0.15, 0.2) is 40.1 Å². The monoisotopic (exact) mass is 354 g/mol. The lowest BCUT2D eigenvalue weighted by Gasteiger charge is -2.10. The Morgan fingerprint density at radius 3 is 2.54 bits per heavy atom. The van der Waals surface area contributed by atoms with Crippen LogP contribution in [0.3, 0.4) is 0 Å². The van der Waals surface area contributed by atoms with E-state index in [0.29, 0.717) is 6.20 Å². The molecule has 1 aromatic carbocycles. The lowest BCUT2D eigenvalue weighted by atomic mass is 10.1. The maximum atomic E-state index is 13.8. The summed E-state index contributed by atoms with van der Waals surface area (Å²) in [6, 6.07) is 5.09. The maximum absolute atomic E-state index is 13.8. The first-order valence-corrected chi connectivity index (χ1v) is 7.19. The number of nitrogens with zero attached hydrogens (tertiary/aromatic N) is 2. The van der Waals surface area contributed by atoms with Gasteiger partial charge in [0.25, 0.3) is 16.7 Å². The molecular formula is C15H12ClFN2O5. The zero-order chi connectivity index (χ0) is 17.9. The first-order valence-electron chi connectivity index (χ1n) is 6.81. The Kier molecular flexibility index (Phi) is 5.42. The zero-order valence-corrected chi connectivity index (χ0v) is 13.2. The largest absolute Gasteiger partial charge is 0.361 e. The van der Waals surface area contributed by atoms with Gasteiger partial charge in [0.2, 0.25) is 5.82 Å². The number of carbonyl (C=O) groups excluding carboxylic acids is 2. The maximum Gasteiger partial charge on any atom is 0.340 e. The summed E-state index contributed by atoms with van der Waals surface area (Å²) in [6.07, 6.45) is 0.669. The minimum Gasteiger partial charge on any atom is -0.361 e. The molecule has 0 saturated heterocycles. The number of ether oxygens (including phenoxy) is 1. The van der Waals surface area contributed by atoms with Gasteiger partial charge in [-0.15, -0.1) is 0 Å². The standard InChI is InChI=1S/C15H12ClFN2O5/c1-2-24-8-18-7-11(17)14(22)19(15(18)23)13(21)10-5-3-4-9(6-10)12(16)20/h3-7H,2,8H2,1H3. The molecule has 1 heterocycles. The highest BCUT2D eigenvalue weighted by molar-refractivity contribution is 6.67. The van der Waals surface area contributed by atoms with Crippen molar-refractivity contribution in [2.24, 2.45) is 0 Å². The molecule has 0 radical (unpaired) electrons. The van der Waals surface area contributed by atoms with Crippen molar-refractivity contribution >= 4 is 22.8 Å².